The number of hydrogen-bond acceptors (Lipinski definition) is 6. The topological polar surface area (TPSA) is 95.2 Å². The Labute approximate surface area is 88.4 Å². The Morgan fingerprint density at radius 2 is 2.00 bits per heavy atom. The van der Waals surface area contributed by atoms with Gasteiger partial charge in [0, 0.05) is 6.26 Å². The van der Waals surface area contributed by atoms with Crippen LogP contribution in [0.3, 0.4) is 0 Å². The van der Waals surface area contributed by atoms with Crippen LogP contribution in [0, 0.1) is 0 Å². The number of hydrogen-bond donors (Lipinski definition) is 1. The van der Waals surface area contributed by atoms with E-state index in [1.807, 2.05) is 0 Å². The standard InChI is InChI=1S/C8H13N3O3S/c1-5(2)14-7-6(9)8(11-4-10-7)15(3,12)13/h4-5H,9H2,1-3H3. The van der Waals surface area contributed by atoms with Crippen LogP contribution in [0.1, 0.15) is 13.8 Å². The number of nitrogen functional groups attached to an aromatic ring is 1. The molecule has 0 amide bonds. The van der Waals surface area contributed by atoms with Gasteiger partial charge in [0.15, 0.2) is 14.9 Å². The number of nitrogens with zero attached hydrogens (tertiary/aromatic N) is 2. The molecule has 84 valence electrons. The van der Waals surface area contributed by atoms with Crippen LogP contribution in [0.2, 0.25) is 0 Å². The molecule has 6 nitrogen and oxygen atoms in total. The molecular weight excluding hydrogens is 218 g/mol. The van der Waals surface area contributed by atoms with Crippen molar-refractivity contribution in [3.63, 3.8) is 0 Å². The van der Waals surface area contributed by atoms with Gasteiger partial charge in [-0.25, -0.2) is 13.4 Å². The molecule has 1 rings (SSSR count). The van der Waals surface area contributed by atoms with Gasteiger partial charge in [-0.1, -0.05) is 0 Å². The highest BCUT2D eigenvalue weighted by atomic mass is 32.2. The predicted molar refractivity (Wildman–Crippen MR) is 55.3 cm³/mol. The van der Waals surface area contributed by atoms with Crippen molar-refractivity contribution in [2.24, 2.45) is 0 Å². The summed E-state index contributed by atoms with van der Waals surface area (Å²) in [4.78, 5) is 7.38. The van der Waals surface area contributed by atoms with Crippen LogP contribution in [0.5, 0.6) is 5.88 Å². The van der Waals surface area contributed by atoms with Crippen LogP contribution in [0.15, 0.2) is 11.4 Å². The lowest BCUT2D eigenvalue weighted by atomic mass is 10.4. The van der Waals surface area contributed by atoms with Gasteiger partial charge in [-0.2, -0.15) is 4.98 Å². The summed E-state index contributed by atoms with van der Waals surface area (Å²) in [6, 6.07) is 0. The molecule has 0 saturated heterocycles. The van der Waals surface area contributed by atoms with Crippen molar-refractivity contribution in [1.82, 2.24) is 9.97 Å². The summed E-state index contributed by atoms with van der Waals surface area (Å²) in [5.74, 6) is 0.0976. The summed E-state index contributed by atoms with van der Waals surface area (Å²) in [7, 11) is -3.45. The largest absolute Gasteiger partial charge is 0.473 e. The zero-order valence-electron chi connectivity index (χ0n) is 8.76. The number of ether oxygens (including phenoxy) is 1. The first-order valence-electron chi connectivity index (χ1n) is 4.29. The Morgan fingerprint density at radius 3 is 2.47 bits per heavy atom. The van der Waals surface area contributed by atoms with Gasteiger partial charge >= 0.3 is 0 Å². The van der Waals surface area contributed by atoms with Crippen molar-refractivity contribution in [1.29, 1.82) is 0 Å². The minimum absolute atomic E-state index is 0.0475. The minimum Gasteiger partial charge on any atom is -0.473 e. The van der Waals surface area contributed by atoms with Crippen molar-refractivity contribution in [2.75, 3.05) is 12.0 Å². The maximum absolute atomic E-state index is 11.3. The third-order valence-electron chi connectivity index (χ3n) is 1.51. The van der Waals surface area contributed by atoms with Gasteiger partial charge in [0.25, 0.3) is 0 Å². The molecule has 0 atom stereocenters. The zero-order valence-corrected chi connectivity index (χ0v) is 9.58. The summed E-state index contributed by atoms with van der Waals surface area (Å²) in [5.41, 5.74) is 5.54. The lowest BCUT2D eigenvalue weighted by Crippen LogP contribution is -2.12. The molecule has 2 N–H and O–H groups in total. The van der Waals surface area contributed by atoms with Crippen LogP contribution < -0.4 is 10.5 Å². The maximum atomic E-state index is 11.3. The van der Waals surface area contributed by atoms with Crippen molar-refractivity contribution in [2.45, 2.75) is 25.0 Å². The summed E-state index contributed by atoms with van der Waals surface area (Å²) in [5, 5.41) is -0.201. The minimum atomic E-state index is -3.45. The van der Waals surface area contributed by atoms with Gasteiger partial charge < -0.3 is 10.5 Å². The Hall–Kier alpha value is -1.37. The van der Waals surface area contributed by atoms with Crippen molar-refractivity contribution in [3.8, 4) is 5.88 Å². The van der Waals surface area contributed by atoms with Crippen LogP contribution in [0.25, 0.3) is 0 Å². The van der Waals surface area contributed by atoms with E-state index in [1.54, 1.807) is 13.8 Å². The van der Waals surface area contributed by atoms with E-state index >= 15 is 0 Å². The van der Waals surface area contributed by atoms with E-state index in [9.17, 15) is 8.42 Å². The normalized spacial score (nSPS) is 11.7. The molecule has 15 heavy (non-hydrogen) atoms. The van der Waals surface area contributed by atoms with Crippen molar-refractivity contribution < 1.29 is 13.2 Å². The molecule has 0 saturated carbocycles. The predicted octanol–water partition coefficient (Wildman–Crippen LogP) is 0.250. The molecule has 1 aromatic rings. The summed E-state index contributed by atoms with van der Waals surface area (Å²) in [6.45, 7) is 3.59. The van der Waals surface area contributed by atoms with E-state index in [2.05, 4.69) is 9.97 Å². The third-order valence-corrected chi connectivity index (χ3v) is 2.54. The highest BCUT2D eigenvalue weighted by Crippen LogP contribution is 2.24. The molecule has 7 heteroatoms. The monoisotopic (exact) mass is 231 g/mol. The van der Waals surface area contributed by atoms with E-state index in [4.69, 9.17) is 10.5 Å². The van der Waals surface area contributed by atoms with Crippen LogP contribution in [-0.2, 0) is 9.84 Å². The Bertz CT molecular complexity index is 456. The summed E-state index contributed by atoms with van der Waals surface area (Å²) >= 11 is 0. The van der Waals surface area contributed by atoms with E-state index < -0.39 is 9.84 Å². The molecule has 0 radical (unpaired) electrons. The molecule has 0 aliphatic carbocycles. The molecule has 0 aliphatic heterocycles. The molecule has 1 aromatic heterocycles. The second-order valence-corrected chi connectivity index (χ2v) is 5.27. The average Bonchev–Trinajstić information content (AvgIpc) is 2.05. The van der Waals surface area contributed by atoms with Crippen LogP contribution in [0.4, 0.5) is 5.69 Å². The Morgan fingerprint density at radius 1 is 1.40 bits per heavy atom. The van der Waals surface area contributed by atoms with Gasteiger partial charge in [-0.3, -0.25) is 0 Å². The Balaban J connectivity index is 3.24. The highest BCUT2D eigenvalue weighted by Gasteiger charge is 2.18. The quantitative estimate of drug-likeness (QED) is 0.749. The molecule has 0 aliphatic rings. The van der Waals surface area contributed by atoms with E-state index in [1.165, 1.54) is 0 Å². The lowest BCUT2D eigenvalue weighted by molar-refractivity contribution is 0.233. The maximum Gasteiger partial charge on any atom is 0.241 e. The zero-order chi connectivity index (χ0) is 11.6. The smallest absolute Gasteiger partial charge is 0.241 e. The number of rotatable bonds is 3. The van der Waals surface area contributed by atoms with Crippen LogP contribution >= 0.6 is 0 Å². The first-order chi connectivity index (χ1) is 6.82. The second kappa shape index (κ2) is 4.01. The fourth-order valence-electron chi connectivity index (χ4n) is 0.977. The number of aromatic nitrogens is 2. The SMILES string of the molecule is CC(C)Oc1ncnc(S(C)(=O)=O)c1N. The highest BCUT2D eigenvalue weighted by molar-refractivity contribution is 7.90. The first kappa shape index (κ1) is 11.7. The number of sulfone groups is 1. The van der Waals surface area contributed by atoms with Gasteiger partial charge in [0.1, 0.15) is 12.0 Å². The third kappa shape index (κ3) is 2.79. The Kier molecular flexibility index (Phi) is 3.13. The van der Waals surface area contributed by atoms with Gasteiger partial charge in [0.2, 0.25) is 5.88 Å². The summed E-state index contributed by atoms with van der Waals surface area (Å²) < 4.78 is 27.8. The number of nitrogens with two attached hydrogens (primary N) is 1. The van der Waals surface area contributed by atoms with Gasteiger partial charge in [0.05, 0.1) is 6.10 Å². The van der Waals surface area contributed by atoms with Gasteiger partial charge in [-0.05, 0) is 13.8 Å². The molecular formula is C8H13N3O3S. The molecule has 1 heterocycles. The van der Waals surface area contributed by atoms with Crippen molar-refractivity contribution in [3.05, 3.63) is 6.33 Å². The molecule has 0 aromatic carbocycles. The fraction of sp³-hybridized carbons (Fsp3) is 0.500. The second-order valence-electron chi connectivity index (χ2n) is 3.34. The van der Waals surface area contributed by atoms with Crippen molar-refractivity contribution >= 4 is 15.5 Å². The fourth-order valence-corrected chi connectivity index (χ4v) is 1.70. The molecule has 0 bridgehead atoms. The lowest BCUT2D eigenvalue weighted by Gasteiger charge is -2.11. The molecule has 0 fully saturated rings. The van der Waals surface area contributed by atoms with Gasteiger partial charge in [-0.15, -0.1) is 0 Å². The average molecular weight is 231 g/mol. The first-order valence-corrected chi connectivity index (χ1v) is 6.18. The molecule has 0 unspecified atom stereocenters. The van der Waals surface area contributed by atoms with E-state index in [0.29, 0.717) is 0 Å². The number of anilines is 1. The van der Waals surface area contributed by atoms with E-state index in [-0.39, 0.29) is 22.7 Å². The van der Waals surface area contributed by atoms with Crippen LogP contribution in [-0.4, -0.2) is 30.7 Å². The van der Waals surface area contributed by atoms with E-state index in [0.717, 1.165) is 12.6 Å². The molecule has 0 spiro atoms. The summed E-state index contributed by atoms with van der Waals surface area (Å²) in [6.07, 6.45) is 2.02.